The number of fused-ring (bicyclic) bond motifs is 1. The van der Waals surface area contributed by atoms with Gasteiger partial charge in [0.1, 0.15) is 24.7 Å². The van der Waals surface area contributed by atoms with Crippen LogP contribution in [0.1, 0.15) is 12.5 Å². The van der Waals surface area contributed by atoms with Crippen molar-refractivity contribution in [3.8, 4) is 11.5 Å². The summed E-state index contributed by atoms with van der Waals surface area (Å²) in [5.41, 5.74) is 1.08. The minimum Gasteiger partial charge on any atom is -0.492 e. The third-order valence-corrected chi connectivity index (χ3v) is 4.70. The first kappa shape index (κ1) is 19.5. The number of ether oxygens (including phenoxy) is 2. The first-order valence-electron chi connectivity index (χ1n) is 9.02. The molecular weight excluding hydrogens is 362 g/mol. The molecule has 0 fully saturated rings. The molecule has 0 unspecified atom stereocenters. The molecule has 0 aliphatic rings. The van der Waals surface area contributed by atoms with Crippen LogP contribution in [0, 0.1) is 0 Å². The second-order valence-corrected chi connectivity index (χ2v) is 6.48. The normalized spacial score (nSPS) is 11.1. The van der Waals surface area contributed by atoms with Crippen LogP contribution in [0.15, 0.2) is 60.7 Å². The molecule has 0 spiro atoms. The van der Waals surface area contributed by atoms with Crippen molar-refractivity contribution in [2.45, 2.75) is 13.5 Å². The highest BCUT2D eigenvalue weighted by Gasteiger charge is 2.06. The van der Waals surface area contributed by atoms with Crippen molar-refractivity contribution >= 4 is 22.4 Å². The molecule has 0 saturated heterocycles. The number of rotatable bonds is 9. The largest absolute Gasteiger partial charge is 0.492 e. The molecule has 0 aliphatic carbocycles. The Labute approximate surface area is 165 Å². The van der Waals surface area contributed by atoms with Crippen molar-refractivity contribution in [1.82, 2.24) is 5.06 Å². The van der Waals surface area contributed by atoms with Gasteiger partial charge < -0.3 is 14.3 Å². The van der Waals surface area contributed by atoms with Crippen LogP contribution in [0.5, 0.6) is 11.5 Å². The zero-order valence-corrected chi connectivity index (χ0v) is 16.4. The number of hydrogen-bond acceptors (Lipinski definition) is 4. The van der Waals surface area contributed by atoms with E-state index in [-0.39, 0.29) is 0 Å². The predicted molar refractivity (Wildman–Crippen MR) is 109 cm³/mol. The van der Waals surface area contributed by atoms with Crippen LogP contribution in [-0.4, -0.2) is 31.9 Å². The lowest BCUT2D eigenvalue weighted by Crippen LogP contribution is -2.27. The molecule has 5 heteroatoms. The van der Waals surface area contributed by atoms with Crippen LogP contribution in [0.25, 0.3) is 10.8 Å². The minimum atomic E-state index is 0.485. The summed E-state index contributed by atoms with van der Waals surface area (Å²) in [4.78, 5) is 5.20. The SMILES string of the molecule is CCN(CCOc1ccc(COc2ccc(Cl)c3ccccc23)cc1)OC. The van der Waals surface area contributed by atoms with Gasteiger partial charge in [0.05, 0.1) is 13.7 Å². The van der Waals surface area contributed by atoms with E-state index in [1.165, 1.54) is 0 Å². The molecule has 3 aromatic carbocycles. The number of hydroxylamine groups is 2. The van der Waals surface area contributed by atoms with E-state index in [2.05, 4.69) is 0 Å². The molecule has 0 saturated carbocycles. The van der Waals surface area contributed by atoms with Crippen LogP contribution < -0.4 is 9.47 Å². The van der Waals surface area contributed by atoms with Gasteiger partial charge in [0.15, 0.2) is 0 Å². The lowest BCUT2D eigenvalue weighted by Gasteiger charge is -2.17. The van der Waals surface area contributed by atoms with E-state index in [1.807, 2.05) is 72.7 Å². The number of benzene rings is 3. The summed E-state index contributed by atoms with van der Waals surface area (Å²) < 4.78 is 11.8. The average molecular weight is 386 g/mol. The molecule has 4 nitrogen and oxygen atoms in total. The van der Waals surface area contributed by atoms with Crippen LogP contribution in [0.3, 0.4) is 0 Å². The molecule has 0 atom stereocenters. The summed E-state index contributed by atoms with van der Waals surface area (Å²) >= 11 is 6.26. The van der Waals surface area contributed by atoms with Gasteiger partial charge in [-0.15, -0.1) is 0 Å². The summed E-state index contributed by atoms with van der Waals surface area (Å²) in [5, 5.41) is 4.59. The molecule has 0 N–H and O–H groups in total. The quantitative estimate of drug-likeness (QED) is 0.465. The maximum Gasteiger partial charge on any atom is 0.127 e. The van der Waals surface area contributed by atoms with Gasteiger partial charge in [-0.2, -0.15) is 5.06 Å². The Morgan fingerprint density at radius 1 is 0.889 bits per heavy atom. The Bertz CT molecular complexity index is 863. The number of likely N-dealkylation sites (N-methyl/N-ethyl adjacent to an activating group) is 1. The molecule has 0 aliphatic heterocycles. The Morgan fingerprint density at radius 2 is 1.63 bits per heavy atom. The first-order valence-corrected chi connectivity index (χ1v) is 9.40. The van der Waals surface area contributed by atoms with Crippen molar-refractivity contribution in [2.75, 3.05) is 26.8 Å². The summed E-state index contributed by atoms with van der Waals surface area (Å²) in [7, 11) is 1.67. The topological polar surface area (TPSA) is 30.9 Å². The minimum absolute atomic E-state index is 0.485. The van der Waals surface area contributed by atoms with Gasteiger partial charge in [0, 0.05) is 22.3 Å². The number of nitrogens with zero attached hydrogens (tertiary/aromatic N) is 1. The lowest BCUT2D eigenvalue weighted by molar-refractivity contribution is -0.131. The van der Waals surface area contributed by atoms with Gasteiger partial charge in [0.2, 0.25) is 0 Å². The Balaban J connectivity index is 1.57. The van der Waals surface area contributed by atoms with E-state index in [1.54, 1.807) is 7.11 Å². The summed E-state index contributed by atoms with van der Waals surface area (Å²) in [5.74, 6) is 1.66. The Kier molecular flexibility index (Phi) is 6.93. The summed E-state index contributed by atoms with van der Waals surface area (Å²) in [6.07, 6.45) is 0. The van der Waals surface area contributed by atoms with Gasteiger partial charge in [-0.3, -0.25) is 0 Å². The first-order chi connectivity index (χ1) is 13.2. The average Bonchev–Trinajstić information content (AvgIpc) is 2.72. The van der Waals surface area contributed by atoms with Gasteiger partial charge in [-0.25, -0.2) is 0 Å². The highest BCUT2D eigenvalue weighted by Crippen LogP contribution is 2.31. The van der Waals surface area contributed by atoms with E-state index < -0.39 is 0 Å². The van der Waals surface area contributed by atoms with Crippen molar-refractivity contribution in [3.63, 3.8) is 0 Å². The smallest absolute Gasteiger partial charge is 0.127 e. The van der Waals surface area contributed by atoms with E-state index in [0.717, 1.165) is 45.9 Å². The van der Waals surface area contributed by atoms with Gasteiger partial charge in [0.25, 0.3) is 0 Å². The third kappa shape index (κ3) is 5.13. The predicted octanol–water partition coefficient (Wildman–Crippen LogP) is 5.33. The van der Waals surface area contributed by atoms with E-state index in [0.29, 0.717) is 13.2 Å². The molecule has 0 amide bonds. The van der Waals surface area contributed by atoms with Crippen LogP contribution >= 0.6 is 11.6 Å². The van der Waals surface area contributed by atoms with Crippen molar-refractivity contribution in [1.29, 1.82) is 0 Å². The van der Waals surface area contributed by atoms with E-state index in [4.69, 9.17) is 25.9 Å². The molecule has 27 heavy (non-hydrogen) atoms. The lowest BCUT2D eigenvalue weighted by atomic mass is 10.1. The zero-order valence-electron chi connectivity index (χ0n) is 15.7. The molecular formula is C22H24ClNO3. The molecule has 142 valence electrons. The number of hydrogen-bond donors (Lipinski definition) is 0. The van der Waals surface area contributed by atoms with Crippen LogP contribution in [0.2, 0.25) is 5.02 Å². The molecule has 3 rings (SSSR count). The highest BCUT2D eigenvalue weighted by molar-refractivity contribution is 6.35. The second kappa shape index (κ2) is 9.60. The second-order valence-electron chi connectivity index (χ2n) is 6.08. The summed E-state index contributed by atoms with van der Waals surface area (Å²) in [6.45, 7) is 4.66. The maximum atomic E-state index is 6.26. The van der Waals surface area contributed by atoms with Gasteiger partial charge in [-0.1, -0.05) is 54.9 Å². The van der Waals surface area contributed by atoms with Crippen molar-refractivity contribution in [3.05, 3.63) is 71.2 Å². The fourth-order valence-corrected chi connectivity index (χ4v) is 3.08. The standard InChI is InChI=1S/C22H24ClNO3/c1-3-24(25-2)14-15-26-18-10-8-17(9-11-18)16-27-22-13-12-21(23)19-6-4-5-7-20(19)22/h4-13H,3,14-16H2,1-2H3. The van der Waals surface area contributed by atoms with Crippen molar-refractivity contribution < 1.29 is 14.3 Å². The van der Waals surface area contributed by atoms with E-state index in [9.17, 15) is 0 Å². The Morgan fingerprint density at radius 3 is 2.33 bits per heavy atom. The Hall–Kier alpha value is -2.27. The van der Waals surface area contributed by atoms with Gasteiger partial charge >= 0.3 is 0 Å². The zero-order chi connectivity index (χ0) is 19.1. The molecule has 3 aromatic rings. The molecule has 0 bridgehead atoms. The molecule has 0 aromatic heterocycles. The third-order valence-electron chi connectivity index (χ3n) is 4.37. The van der Waals surface area contributed by atoms with E-state index >= 15 is 0 Å². The number of halogens is 1. The fraction of sp³-hybridized carbons (Fsp3) is 0.273. The fourth-order valence-electron chi connectivity index (χ4n) is 2.85. The van der Waals surface area contributed by atoms with Crippen molar-refractivity contribution in [2.24, 2.45) is 0 Å². The molecule has 0 radical (unpaired) electrons. The maximum absolute atomic E-state index is 6.26. The van der Waals surface area contributed by atoms with Gasteiger partial charge in [-0.05, 0) is 29.8 Å². The molecule has 0 heterocycles. The van der Waals surface area contributed by atoms with Crippen LogP contribution in [-0.2, 0) is 11.4 Å². The highest BCUT2D eigenvalue weighted by atomic mass is 35.5. The monoisotopic (exact) mass is 385 g/mol. The summed E-state index contributed by atoms with van der Waals surface area (Å²) in [6, 6.07) is 19.7. The van der Waals surface area contributed by atoms with Crippen LogP contribution in [0.4, 0.5) is 0 Å².